The number of nitrogens with zero attached hydrogens (tertiary/aromatic N) is 1. The minimum absolute atomic E-state index is 0.0182. The molecule has 0 bridgehead atoms. The van der Waals surface area contributed by atoms with Gasteiger partial charge in [0, 0.05) is 18.8 Å². The summed E-state index contributed by atoms with van der Waals surface area (Å²) in [4.78, 5) is 30.6. The molecule has 1 N–H and O–H groups in total. The van der Waals surface area contributed by atoms with Crippen molar-refractivity contribution in [2.24, 2.45) is 0 Å². The molecule has 1 aromatic heterocycles. The molecule has 3 rings (SSSR count). The number of amides is 1. The fourth-order valence-electron chi connectivity index (χ4n) is 3.69. The number of H-pyrrole nitrogens is 1. The average molecular weight is 435 g/mol. The SMILES string of the molecule is CCOC(=O)c1[nH]c(C)c(CN(Cc2ccc(OC)cc2)C(=O)Cc2ccccc2)c1C. The van der Waals surface area contributed by atoms with Crippen LogP contribution in [0.1, 0.15) is 45.4 Å². The van der Waals surface area contributed by atoms with E-state index < -0.39 is 0 Å². The van der Waals surface area contributed by atoms with Crippen LogP contribution in [0.15, 0.2) is 54.6 Å². The van der Waals surface area contributed by atoms with Crippen LogP contribution in [0, 0.1) is 13.8 Å². The third-order valence-corrected chi connectivity index (χ3v) is 5.50. The van der Waals surface area contributed by atoms with Gasteiger partial charge in [0.1, 0.15) is 11.4 Å². The van der Waals surface area contributed by atoms with Crippen LogP contribution >= 0.6 is 0 Å². The molecule has 0 fully saturated rings. The Bertz CT molecular complexity index is 1060. The Morgan fingerprint density at radius 1 is 0.938 bits per heavy atom. The molecular weight excluding hydrogens is 404 g/mol. The fraction of sp³-hybridized carbons (Fsp3) is 0.308. The van der Waals surface area contributed by atoms with Gasteiger partial charge in [0.25, 0.3) is 0 Å². The van der Waals surface area contributed by atoms with E-state index in [0.717, 1.165) is 33.7 Å². The number of aromatic nitrogens is 1. The molecule has 6 nitrogen and oxygen atoms in total. The minimum atomic E-state index is -0.378. The largest absolute Gasteiger partial charge is 0.497 e. The molecule has 0 unspecified atom stereocenters. The Balaban J connectivity index is 1.88. The Kier molecular flexibility index (Phi) is 7.71. The number of esters is 1. The predicted octanol–water partition coefficient (Wildman–Crippen LogP) is 4.59. The number of rotatable bonds is 9. The van der Waals surface area contributed by atoms with E-state index in [1.165, 1.54) is 0 Å². The van der Waals surface area contributed by atoms with Gasteiger partial charge in [-0.05, 0) is 55.2 Å². The van der Waals surface area contributed by atoms with Gasteiger partial charge in [-0.1, -0.05) is 42.5 Å². The van der Waals surface area contributed by atoms with Gasteiger partial charge in [0.05, 0.1) is 20.1 Å². The lowest BCUT2D eigenvalue weighted by Gasteiger charge is -2.24. The third-order valence-electron chi connectivity index (χ3n) is 5.50. The Labute approximate surface area is 189 Å². The zero-order chi connectivity index (χ0) is 23.1. The molecule has 0 radical (unpaired) electrons. The number of aromatic amines is 1. The van der Waals surface area contributed by atoms with Crippen LogP contribution in [0.3, 0.4) is 0 Å². The summed E-state index contributed by atoms with van der Waals surface area (Å²) in [7, 11) is 1.63. The highest BCUT2D eigenvalue weighted by Crippen LogP contribution is 2.23. The normalized spacial score (nSPS) is 10.6. The Morgan fingerprint density at radius 2 is 1.62 bits per heavy atom. The van der Waals surface area contributed by atoms with Crippen molar-refractivity contribution in [3.05, 3.63) is 88.2 Å². The molecule has 1 heterocycles. The molecule has 0 aliphatic carbocycles. The first kappa shape index (κ1) is 23.1. The van der Waals surface area contributed by atoms with Crippen molar-refractivity contribution < 1.29 is 19.1 Å². The fourth-order valence-corrected chi connectivity index (χ4v) is 3.69. The van der Waals surface area contributed by atoms with Gasteiger partial charge < -0.3 is 19.4 Å². The van der Waals surface area contributed by atoms with E-state index in [9.17, 15) is 9.59 Å². The summed E-state index contributed by atoms with van der Waals surface area (Å²) < 4.78 is 10.4. The second kappa shape index (κ2) is 10.7. The summed E-state index contributed by atoms with van der Waals surface area (Å²) in [6.45, 7) is 6.74. The van der Waals surface area contributed by atoms with Crippen LogP contribution in [0.5, 0.6) is 5.75 Å². The quantitative estimate of drug-likeness (QED) is 0.500. The molecule has 2 aromatic carbocycles. The highest BCUT2D eigenvalue weighted by atomic mass is 16.5. The Hall–Kier alpha value is -3.54. The van der Waals surface area contributed by atoms with Crippen molar-refractivity contribution in [2.45, 2.75) is 40.3 Å². The van der Waals surface area contributed by atoms with Crippen LogP contribution in [-0.4, -0.2) is 35.5 Å². The predicted molar refractivity (Wildman–Crippen MR) is 124 cm³/mol. The van der Waals surface area contributed by atoms with Gasteiger partial charge in [-0.15, -0.1) is 0 Å². The molecule has 0 aliphatic rings. The maximum atomic E-state index is 13.3. The molecule has 1 amide bonds. The molecule has 6 heteroatoms. The number of hydrogen-bond acceptors (Lipinski definition) is 4. The van der Waals surface area contributed by atoms with Crippen LogP contribution in [-0.2, 0) is 29.0 Å². The summed E-state index contributed by atoms with van der Waals surface area (Å²) in [6, 6.07) is 17.4. The van der Waals surface area contributed by atoms with Crippen LogP contribution in [0.4, 0.5) is 0 Å². The van der Waals surface area contributed by atoms with Crippen LogP contribution < -0.4 is 4.74 Å². The smallest absolute Gasteiger partial charge is 0.355 e. The summed E-state index contributed by atoms with van der Waals surface area (Å²) in [5, 5.41) is 0. The molecule has 0 aliphatic heterocycles. The molecular formula is C26H30N2O4. The molecule has 168 valence electrons. The third kappa shape index (κ3) is 5.58. The van der Waals surface area contributed by atoms with E-state index in [0.29, 0.717) is 31.8 Å². The van der Waals surface area contributed by atoms with Crippen molar-refractivity contribution in [1.82, 2.24) is 9.88 Å². The number of aryl methyl sites for hydroxylation is 1. The molecule has 0 saturated heterocycles. The van der Waals surface area contributed by atoms with Crippen LogP contribution in [0.25, 0.3) is 0 Å². The second-order valence-electron chi connectivity index (χ2n) is 7.71. The van der Waals surface area contributed by atoms with Gasteiger partial charge in [-0.3, -0.25) is 4.79 Å². The topological polar surface area (TPSA) is 71.6 Å². The molecule has 0 saturated carbocycles. The second-order valence-corrected chi connectivity index (χ2v) is 7.71. The van der Waals surface area contributed by atoms with E-state index in [-0.39, 0.29) is 11.9 Å². The molecule has 3 aromatic rings. The summed E-state index contributed by atoms with van der Waals surface area (Å²) in [5.41, 5.74) is 5.02. The summed E-state index contributed by atoms with van der Waals surface area (Å²) in [6.07, 6.45) is 0.310. The van der Waals surface area contributed by atoms with E-state index >= 15 is 0 Å². The lowest BCUT2D eigenvalue weighted by atomic mass is 10.1. The lowest BCUT2D eigenvalue weighted by molar-refractivity contribution is -0.131. The zero-order valence-corrected chi connectivity index (χ0v) is 19.1. The zero-order valence-electron chi connectivity index (χ0n) is 19.1. The highest BCUT2D eigenvalue weighted by Gasteiger charge is 2.22. The molecule has 0 atom stereocenters. The van der Waals surface area contributed by atoms with Crippen molar-refractivity contribution in [3.63, 3.8) is 0 Å². The maximum Gasteiger partial charge on any atom is 0.355 e. The highest BCUT2D eigenvalue weighted by molar-refractivity contribution is 5.90. The first-order valence-electron chi connectivity index (χ1n) is 10.7. The number of carbonyl (C=O) groups excluding carboxylic acids is 2. The lowest BCUT2D eigenvalue weighted by Crippen LogP contribution is -2.31. The number of carbonyl (C=O) groups is 2. The van der Waals surface area contributed by atoms with Gasteiger partial charge in [-0.25, -0.2) is 4.79 Å². The van der Waals surface area contributed by atoms with Gasteiger partial charge in [0.15, 0.2) is 0 Å². The van der Waals surface area contributed by atoms with Crippen molar-refractivity contribution >= 4 is 11.9 Å². The number of nitrogens with one attached hydrogen (secondary N) is 1. The van der Waals surface area contributed by atoms with Crippen molar-refractivity contribution in [2.75, 3.05) is 13.7 Å². The first-order valence-corrected chi connectivity index (χ1v) is 10.7. The average Bonchev–Trinajstić information content (AvgIpc) is 3.08. The van der Waals surface area contributed by atoms with Crippen LogP contribution in [0.2, 0.25) is 0 Å². The van der Waals surface area contributed by atoms with Gasteiger partial charge in [-0.2, -0.15) is 0 Å². The Morgan fingerprint density at radius 3 is 2.25 bits per heavy atom. The van der Waals surface area contributed by atoms with Gasteiger partial charge in [0.2, 0.25) is 5.91 Å². The van der Waals surface area contributed by atoms with Gasteiger partial charge >= 0.3 is 5.97 Å². The number of ether oxygens (including phenoxy) is 2. The summed E-state index contributed by atoms with van der Waals surface area (Å²) in [5.74, 6) is 0.411. The number of methoxy groups -OCH3 is 1. The van der Waals surface area contributed by atoms with E-state index in [2.05, 4.69) is 4.98 Å². The van der Waals surface area contributed by atoms with Crippen molar-refractivity contribution in [1.29, 1.82) is 0 Å². The maximum absolute atomic E-state index is 13.3. The first-order chi connectivity index (χ1) is 15.4. The minimum Gasteiger partial charge on any atom is -0.497 e. The molecule has 32 heavy (non-hydrogen) atoms. The molecule has 0 spiro atoms. The monoisotopic (exact) mass is 434 g/mol. The number of benzene rings is 2. The number of hydrogen-bond donors (Lipinski definition) is 1. The van der Waals surface area contributed by atoms with E-state index in [4.69, 9.17) is 9.47 Å². The summed E-state index contributed by atoms with van der Waals surface area (Å²) >= 11 is 0. The standard InChI is InChI=1S/C26H30N2O4/c1-5-32-26(30)25-18(2)23(19(3)27-25)17-28(16-21-11-13-22(31-4)14-12-21)24(29)15-20-9-7-6-8-10-20/h6-14,27H,5,15-17H2,1-4H3. The van der Waals surface area contributed by atoms with E-state index in [1.54, 1.807) is 14.0 Å². The van der Waals surface area contributed by atoms with E-state index in [1.807, 2.05) is 73.3 Å². The van der Waals surface area contributed by atoms with Crippen molar-refractivity contribution in [3.8, 4) is 5.75 Å².